The molecule has 0 atom stereocenters. The lowest BCUT2D eigenvalue weighted by Crippen LogP contribution is -2.26. The van der Waals surface area contributed by atoms with Gasteiger partial charge in [-0.05, 0) is 30.7 Å². The van der Waals surface area contributed by atoms with E-state index < -0.39 is 0 Å². The molecule has 4 rings (SSSR count). The van der Waals surface area contributed by atoms with E-state index in [1.54, 1.807) is 48.6 Å². The van der Waals surface area contributed by atoms with Crippen LogP contribution in [0.25, 0.3) is 22.2 Å². The molecule has 0 saturated heterocycles. The number of carbonyl (C=O) groups is 1. The number of benzene rings is 2. The summed E-state index contributed by atoms with van der Waals surface area (Å²) in [6.45, 7) is 2.73. The molecule has 2 aromatic carbocycles. The molecule has 0 bridgehead atoms. The molecule has 0 aliphatic heterocycles. The van der Waals surface area contributed by atoms with Crippen LogP contribution in [-0.2, 0) is 6.54 Å². The van der Waals surface area contributed by atoms with Crippen LogP contribution in [0, 0.1) is 11.3 Å². The number of aromatic amines is 1. The molecule has 0 aliphatic carbocycles. The summed E-state index contributed by atoms with van der Waals surface area (Å²) in [7, 11) is 1.75. The van der Waals surface area contributed by atoms with Gasteiger partial charge in [-0.15, -0.1) is 0 Å². The predicted molar refractivity (Wildman–Crippen MR) is 117 cm³/mol. The first-order chi connectivity index (χ1) is 15.1. The summed E-state index contributed by atoms with van der Waals surface area (Å²) in [6, 6.07) is 16.9. The van der Waals surface area contributed by atoms with Gasteiger partial charge < -0.3 is 9.64 Å². The molecule has 1 N–H and O–H groups in total. The number of rotatable bonds is 6. The van der Waals surface area contributed by atoms with Crippen molar-refractivity contribution in [3.8, 4) is 23.1 Å². The zero-order chi connectivity index (χ0) is 21.8. The van der Waals surface area contributed by atoms with E-state index in [9.17, 15) is 10.1 Å². The molecule has 4 aromatic rings. The van der Waals surface area contributed by atoms with Gasteiger partial charge in [-0.1, -0.05) is 30.3 Å². The van der Waals surface area contributed by atoms with Crippen molar-refractivity contribution in [2.45, 2.75) is 13.5 Å². The van der Waals surface area contributed by atoms with E-state index in [0.29, 0.717) is 35.7 Å². The molecule has 31 heavy (non-hydrogen) atoms. The van der Waals surface area contributed by atoms with Crippen molar-refractivity contribution in [3.05, 3.63) is 77.6 Å². The van der Waals surface area contributed by atoms with Crippen LogP contribution in [0.2, 0.25) is 0 Å². The van der Waals surface area contributed by atoms with Gasteiger partial charge in [0.1, 0.15) is 11.4 Å². The SMILES string of the molecule is CCOc1cc(C(=O)N(C)Cc2cccc3cn[nH]c23)cnc1-c1cccc(C#N)c1. The number of hydrogen-bond donors (Lipinski definition) is 1. The van der Waals surface area contributed by atoms with Gasteiger partial charge in [-0.3, -0.25) is 14.9 Å². The lowest BCUT2D eigenvalue weighted by molar-refractivity contribution is 0.0784. The standard InChI is InChI=1S/C24H21N5O2/c1-3-31-21-11-20(13-26-23(21)17-7-4-6-16(10-17)12-25)24(30)29(2)15-19-9-5-8-18-14-27-28-22(18)19/h4-11,13-14H,3,15H2,1-2H3,(H,27,28). The number of H-pyrrole nitrogens is 1. The Morgan fingerprint density at radius 2 is 2.03 bits per heavy atom. The van der Waals surface area contributed by atoms with E-state index in [1.807, 2.05) is 31.2 Å². The Balaban J connectivity index is 1.62. The number of amides is 1. The molecule has 0 radical (unpaired) electrons. The Bertz CT molecular complexity index is 1290. The van der Waals surface area contributed by atoms with Crippen LogP contribution in [0.15, 0.2) is 60.9 Å². The van der Waals surface area contributed by atoms with Crippen LogP contribution in [-0.4, -0.2) is 39.6 Å². The number of aromatic nitrogens is 3. The fourth-order valence-electron chi connectivity index (χ4n) is 3.49. The maximum atomic E-state index is 13.1. The van der Waals surface area contributed by atoms with E-state index in [4.69, 9.17) is 4.74 Å². The van der Waals surface area contributed by atoms with Gasteiger partial charge in [-0.25, -0.2) is 0 Å². The van der Waals surface area contributed by atoms with E-state index >= 15 is 0 Å². The van der Waals surface area contributed by atoms with Crippen LogP contribution < -0.4 is 4.74 Å². The number of carbonyl (C=O) groups excluding carboxylic acids is 1. The Morgan fingerprint density at radius 1 is 1.19 bits per heavy atom. The van der Waals surface area contributed by atoms with Crippen LogP contribution in [0.3, 0.4) is 0 Å². The average molecular weight is 411 g/mol. The molecule has 0 unspecified atom stereocenters. The summed E-state index contributed by atoms with van der Waals surface area (Å²) in [5.41, 5.74) is 4.23. The van der Waals surface area contributed by atoms with Crippen LogP contribution in [0.1, 0.15) is 28.4 Å². The van der Waals surface area contributed by atoms with Gasteiger partial charge in [0.25, 0.3) is 5.91 Å². The average Bonchev–Trinajstić information content (AvgIpc) is 3.29. The number of nitrogens with one attached hydrogen (secondary N) is 1. The second kappa shape index (κ2) is 8.67. The molecule has 2 aromatic heterocycles. The van der Waals surface area contributed by atoms with Crippen molar-refractivity contribution in [1.82, 2.24) is 20.1 Å². The van der Waals surface area contributed by atoms with Crippen molar-refractivity contribution >= 4 is 16.8 Å². The topological polar surface area (TPSA) is 94.9 Å². The summed E-state index contributed by atoms with van der Waals surface area (Å²) >= 11 is 0. The minimum atomic E-state index is -0.165. The number of nitrogens with zero attached hydrogens (tertiary/aromatic N) is 4. The minimum Gasteiger partial charge on any atom is -0.492 e. The zero-order valence-electron chi connectivity index (χ0n) is 17.3. The van der Waals surface area contributed by atoms with Crippen LogP contribution in [0.4, 0.5) is 0 Å². The van der Waals surface area contributed by atoms with Crippen molar-refractivity contribution in [2.75, 3.05) is 13.7 Å². The Hall–Kier alpha value is -4.18. The molecule has 0 saturated carbocycles. The number of hydrogen-bond acceptors (Lipinski definition) is 5. The first-order valence-corrected chi connectivity index (χ1v) is 9.90. The quantitative estimate of drug-likeness (QED) is 0.514. The van der Waals surface area contributed by atoms with Crippen molar-refractivity contribution < 1.29 is 9.53 Å². The van der Waals surface area contributed by atoms with Crippen molar-refractivity contribution in [1.29, 1.82) is 5.26 Å². The summed E-state index contributed by atoms with van der Waals surface area (Å²) in [5, 5.41) is 17.2. The third-order valence-electron chi connectivity index (χ3n) is 4.98. The third kappa shape index (κ3) is 4.09. The molecule has 1 amide bonds. The van der Waals surface area contributed by atoms with E-state index in [1.165, 1.54) is 0 Å². The number of nitriles is 1. The van der Waals surface area contributed by atoms with Crippen LogP contribution >= 0.6 is 0 Å². The number of fused-ring (bicyclic) bond motifs is 1. The molecular formula is C24H21N5O2. The maximum Gasteiger partial charge on any atom is 0.255 e. The van der Waals surface area contributed by atoms with Gasteiger partial charge >= 0.3 is 0 Å². The smallest absolute Gasteiger partial charge is 0.255 e. The lowest BCUT2D eigenvalue weighted by Gasteiger charge is -2.19. The highest BCUT2D eigenvalue weighted by atomic mass is 16.5. The van der Waals surface area contributed by atoms with Gasteiger partial charge in [0.05, 0.1) is 35.5 Å². The lowest BCUT2D eigenvalue weighted by atomic mass is 10.1. The molecule has 2 heterocycles. The minimum absolute atomic E-state index is 0.165. The van der Waals surface area contributed by atoms with Crippen molar-refractivity contribution in [2.24, 2.45) is 0 Å². The Labute approximate surface area is 179 Å². The second-order valence-corrected chi connectivity index (χ2v) is 7.11. The maximum absolute atomic E-state index is 13.1. The molecular weight excluding hydrogens is 390 g/mol. The first-order valence-electron chi connectivity index (χ1n) is 9.90. The van der Waals surface area contributed by atoms with Gasteiger partial charge in [0.15, 0.2) is 0 Å². The predicted octanol–water partition coefficient (Wildman–Crippen LogP) is 4.17. The van der Waals surface area contributed by atoms with Crippen molar-refractivity contribution in [3.63, 3.8) is 0 Å². The highest BCUT2D eigenvalue weighted by Gasteiger charge is 2.18. The van der Waals surface area contributed by atoms with E-state index in [-0.39, 0.29) is 5.91 Å². The molecule has 0 fully saturated rings. The Morgan fingerprint density at radius 3 is 2.84 bits per heavy atom. The summed E-state index contributed by atoms with van der Waals surface area (Å²) in [5.74, 6) is 0.342. The van der Waals surface area contributed by atoms with E-state index in [2.05, 4.69) is 21.3 Å². The number of pyridine rings is 1. The van der Waals surface area contributed by atoms with Gasteiger partial charge in [0, 0.05) is 30.7 Å². The number of para-hydroxylation sites is 1. The molecule has 154 valence electrons. The molecule has 7 nitrogen and oxygen atoms in total. The molecule has 0 aliphatic rings. The molecule has 7 heteroatoms. The fraction of sp³-hybridized carbons (Fsp3) is 0.167. The number of ether oxygens (including phenoxy) is 1. The summed E-state index contributed by atoms with van der Waals surface area (Å²) in [6.07, 6.45) is 3.31. The summed E-state index contributed by atoms with van der Waals surface area (Å²) in [4.78, 5) is 19.2. The zero-order valence-corrected chi connectivity index (χ0v) is 17.3. The van der Waals surface area contributed by atoms with E-state index in [0.717, 1.165) is 22.0 Å². The third-order valence-corrected chi connectivity index (χ3v) is 4.98. The van der Waals surface area contributed by atoms with Gasteiger partial charge in [0.2, 0.25) is 0 Å². The Kier molecular flexibility index (Phi) is 5.63. The van der Waals surface area contributed by atoms with Crippen LogP contribution in [0.5, 0.6) is 5.75 Å². The van der Waals surface area contributed by atoms with Gasteiger partial charge in [-0.2, -0.15) is 10.4 Å². The summed E-state index contributed by atoms with van der Waals surface area (Å²) < 4.78 is 5.77. The first kappa shape index (κ1) is 20.1. The molecule has 0 spiro atoms. The monoisotopic (exact) mass is 411 g/mol. The highest BCUT2D eigenvalue weighted by molar-refractivity contribution is 5.95. The normalized spacial score (nSPS) is 10.6. The fourth-order valence-corrected chi connectivity index (χ4v) is 3.49. The highest BCUT2D eigenvalue weighted by Crippen LogP contribution is 2.30. The largest absolute Gasteiger partial charge is 0.492 e. The second-order valence-electron chi connectivity index (χ2n) is 7.11.